The van der Waals surface area contributed by atoms with Gasteiger partial charge in [0, 0.05) is 16.1 Å². The average Bonchev–Trinajstić information content (AvgIpc) is 2.24. The molecule has 0 unspecified atom stereocenters. The van der Waals surface area contributed by atoms with Gasteiger partial charge in [-0.05, 0) is 24.6 Å². The summed E-state index contributed by atoms with van der Waals surface area (Å²) < 4.78 is 0. The van der Waals surface area contributed by atoms with Gasteiger partial charge >= 0.3 is 0 Å². The highest BCUT2D eigenvalue weighted by Crippen LogP contribution is 2.38. The van der Waals surface area contributed by atoms with E-state index in [1.54, 1.807) is 6.07 Å². The first-order valence-corrected chi connectivity index (χ1v) is 5.94. The molecular weight excluding hydrogens is 263 g/mol. The Bertz CT molecular complexity index is 512. The fraction of sp³-hybridized carbons (Fsp3) is 0.0769. The predicted molar refractivity (Wildman–Crippen MR) is 71.6 cm³/mol. The van der Waals surface area contributed by atoms with Gasteiger partial charge < -0.3 is 0 Å². The van der Waals surface area contributed by atoms with Crippen molar-refractivity contribution in [2.24, 2.45) is 0 Å². The molecule has 0 heterocycles. The largest absolute Gasteiger partial charge is 0.0837 e. The van der Waals surface area contributed by atoms with Crippen LogP contribution in [0.2, 0.25) is 15.1 Å². The van der Waals surface area contributed by atoms with E-state index in [2.05, 4.69) is 0 Å². The summed E-state index contributed by atoms with van der Waals surface area (Å²) in [5.74, 6) is 0. The van der Waals surface area contributed by atoms with Crippen molar-refractivity contribution in [2.75, 3.05) is 0 Å². The maximum Gasteiger partial charge on any atom is 0.0671 e. The molecule has 0 spiro atoms. The predicted octanol–water partition coefficient (Wildman–Crippen LogP) is 5.62. The molecule has 0 fully saturated rings. The molecule has 0 N–H and O–H groups in total. The van der Waals surface area contributed by atoms with E-state index >= 15 is 0 Å². The van der Waals surface area contributed by atoms with E-state index < -0.39 is 0 Å². The third-order valence-electron chi connectivity index (χ3n) is 2.44. The highest BCUT2D eigenvalue weighted by atomic mass is 35.5. The van der Waals surface area contributed by atoms with Gasteiger partial charge in [-0.3, -0.25) is 0 Å². The third kappa shape index (κ3) is 2.06. The Labute approximate surface area is 110 Å². The molecule has 16 heavy (non-hydrogen) atoms. The lowest BCUT2D eigenvalue weighted by Crippen LogP contribution is -1.86. The molecule has 0 aromatic heterocycles. The summed E-state index contributed by atoms with van der Waals surface area (Å²) in [7, 11) is 0. The molecule has 0 aliphatic carbocycles. The summed E-state index contributed by atoms with van der Waals surface area (Å²) in [6.07, 6.45) is 0. The van der Waals surface area contributed by atoms with Crippen molar-refractivity contribution in [3.63, 3.8) is 0 Å². The number of halogens is 3. The Morgan fingerprint density at radius 2 is 1.44 bits per heavy atom. The van der Waals surface area contributed by atoms with Crippen LogP contribution < -0.4 is 0 Å². The summed E-state index contributed by atoms with van der Waals surface area (Å²) in [6.45, 7) is 2.00. The highest BCUT2D eigenvalue weighted by molar-refractivity contribution is 6.44. The first-order chi connectivity index (χ1) is 7.61. The van der Waals surface area contributed by atoms with Gasteiger partial charge in [0.25, 0.3) is 0 Å². The van der Waals surface area contributed by atoms with Crippen molar-refractivity contribution >= 4 is 34.8 Å². The summed E-state index contributed by atoms with van der Waals surface area (Å²) in [6, 6.07) is 11.3. The highest BCUT2D eigenvalue weighted by Gasteiger charge is 2.11. The lowest BCUT2D eigenvalue weighted by Gasteiger charge is -2.10. The number of benzene rings is 2. The Morgan fingerprint density at radius 1 is 0.812 bits per heavy atom. The Kier molecular flexibility index (Phi) is 3.44. The first kappa shape index (κ1) is 11.8. The van der Waals surface area contributed by atoms with Crippen LogP contribution in [0.5, 0.6) is 0 Å². The van der Waals surface area contributed by atoms with Crippen LogP contribution in [0, 0.1) is 6.92 Å². The van der Waals surface area contributed by atoms with Crippen LogP contribution in [0.4, 0.5) is 0 Å². The van der Waals surface area contributed by atoms with Gasteiger partial charge in [0.2, 0.25) is 0 Å². The van der Waals surface area contributed by atoms with Gasteiger partial charge in [-0.25, -0.2) is 0 Å². The lowest BCUT2D eigenvalue weighted by atomic mass is 10.0. The molecule has 0 bridgehead atoms. The number of rotatable bonds is 1. The molecule has 0 atom stereocenters. The van der Waals surface area contributed by atoms with E-state index in [9.17, 15) is 0 Å². The number of hydrogen-bond donors (Lipinski definition) is 0. The minimum atomic E-state index is 0.540. The molecule has 3 heteroatoms. The van der Waals surface area contributed by atoms with Gasteiger partial charge in [-0.15, -0.1) is 0 Å². The van der Waals surface area contributed by atoms with Crippen molar-refractivity contribution in [1.29, 1.82) is 0 Å². The Balaban J connectivity index is 2.73. The monoisotopic (exact) mass is 270 g/mol. The molecule has 0 nitrogen and oxygen atoms in total. The van der Waals surface area contributed by atoms with E-state index in [0.29, 0.717) is 15.1 Å². The zero-order valence-corrected chi connectivity index (χ0v) is 10.9. The minimum absolute atomic E-state index is 0.540. The topological polar surface area (TPSA) is 0 Å². The number of aryl methyl sites for hydroxylation is 1. The number of hydrogen-bond acceptors (Lipinski definition) is 0. The van der Waals surface area contributed by atoms with Crippen molar-refractivity contribution < 1.29 is 0 Å². The summed E-state index contributed by atoms with van der Waals surface area (Å²) in [4.78, 5) is 0. The summed E-state index contributed by atoms with van der Waals surface area (Å²) in [5.41, 5.74) is 2.89. The van der Waals surface area contributed by atoms with Crippen molar-refractivity contribution in [2.45, 2.75) is 6.92 Å². The van der Waals surface area contributed by atoms with E-state index in [1.165, 1.54) is 0 Å². The van der Waals surface area contributed by atoms with Gasteiger partial charge in [-0.2, -0.15) is 0 Å². The smallest absolute Gasteiger partial charge is 0.0671 e. The van der Waals surface area contributed by atoms with E-state index in [1.807, 2.05) is 37.3 Å². The quantitative estimate of drug-likeness (QED) is 0.631. The molecule has 2 aromatic rings. The van der Waals surface area contributed by atoms with E-state index in [0.717, 1.165) is 16.7 Å². The zero-order chi connectivity index (χ0) is 11.7. The van der Waals surface area contributed by atoms with Crippen LogP contribution in [0.15, 0.2) is 36.4 Å². The van der Waals surface area contributed by atoms with Crippen LogP contribution in [-0.2, 0) is 0 Å². The molecule has 0 aliphatic rings. The second-order valence-electron chi connectivity index (χ2n) is 3.53. The molecule has 2 aromatic carbocycles. The third-order valence-corrected chi connectivity index (χ3v) is 3.58. The second kappa shape index (κ2) is 4.67. The molecule has 0 amide bonds. The SMILES string of the molecule is Cc1cccc(Cl)c1-c1cccc(Cl)c1Cl. The molecule has 0 radical (unpaired) electrons. The van der Waals surface area contributed by atoms with Crippen molar-refractivity contribution in [3.8, 4) is 11.1 Å². The maximum absolute atomic E-state index is 6.19. The second-order valence-corrected chi connectivity index (χ2v) is 4.73. The first-order valence-electron chi connectivity index (χ1n) is 4.80. The minimum Gasteiger partial charge on any atom is -0.0837 e. The molecule has 2 rings (SSSR count). The summed E-state index contributed by atoms with van der Waals surface area (Å²) >= 11 is 18.4. The normalized spacial score (nSPS) is 10.5. The average molecular weight is 272 g/mol. The maximum atomic E-state index is 6.19. The Morgan fingerprint density at radius 3 is 2.12 bits per heavy atom. The van der Waals surface area contributed by atoms with Crippen molar-refractivity contribution in [3.05, 3.63) is 57.0 Å². The lowest BCUT2D eigenvalue weighted by molar-refractivity contribution is 1.46. The van der Waals surface area contributed by atoms with Gasteiger partial charge in [0.1, 0.15) is 0 Å². The van der Waals surface area contributed by atoms with Gasteiger partial charge in [0.15, 0.2) is 0 Å². The van der Waals surface area contributed by atoms with Gasteiger partial charge in [-0.1, -0.05) is 59.1 Å². The summed E-state index contributed by atoms with van der Waals surface area (Å²) in [5, 5.41) is 1.77. The van der Waals surface area contributed by atoms with Crippen LogP contribution in [0.3, 0.4) is 0 Å². The molecule has 82 valence electrons. The van der Waals surface area contributed by atoms with E-state index in [-0.39, 0.29) is 0 Å². The van der Waals surface area contributed by atoms with Crippen molar-refractivity contribution in [1.82, 2.24) is 0 Å². The van der Waals surface area contributed by atoms with Crippen LogP contribution in [0.25, 0.3) is 11.1 Å². The van der Waals surface area contributed by atoms with Gasteiger partial charge in [0.05, 0.1) is 10.0 Å². The fourth-order valence-corrected chi connectivity index (χ4v) is 2.39. The van der Waals surface area contributed by atoms with Crippen LogP contribution >= 0.6 is 34.8 Å². The fourth-order valence-electron chi connectivity index (χ4n) is 1.67. The zero-order valence-electron chi connectivity index (χ0n) is 8.60. The van der Waals surface area contributed by atoms with E-state index in [4.69, 9.17) is 34.8 Å². The molecule has 0 saturated carbocycles. The Hall–Kier alpha value is -0.690. The molecule has 0 aliphatic heterocycles. The van der Waals surface area contributed by atoms with Crippen LogP contribution in [-0.4, -0.2) is 0 Å². The van der Waals surface area contributed by atoms with Crippen LogP contribution in [0.1, 0.15) is 5.56 Å². The standard InChI is InChI=1S/C13H9Cl3/c1-8-4-2-6-10(14)12(8)9-5-3-7-11(15)13(9)16/h2-7H,1H3. The molecular formula is C13H9Cl3. The molecule has 0 saturated heterocycles.